The summed E-state index contributed by atoms with van der Waals surface area (Å²) in [6.45, 7) is 1.77. The van der Waals surface area contributed by atoms with Gasteiger partial charge < -0.3 is 25.6 Å². The normalized spacial score (nSPS) is 14.0. The Morgan fingerprint density at radius 2 is 1.41 bits per heavy atom. The first-order chi connectivity index (χ1) is 21.5. The molecule has 2 aromatic carbocycles. The Hall–Kier alpha value is -4.97. The zero-order valence-electron chi connectivity index (χ0n) is 23.6. The number of carbonyl (C=O) groups is 4. The summed E-state index contributed by atoms with van der Waals surface area (Å²) in [4.78, 5) is 46.8. The number of fused-ring (bicyclic) bond motifs is 1. The van der Waals surface area contributed by atoms with E-state index < -0.39 is 35.7 Å². The number of benzene rings is 2. The van der Waals surface area contributed by atoms with Crippen LogP contribution in [0.15, 0.2) is 60.8 Å². The first kappa shape index (κ1) is 37.2. The SMILES string of the molecule is O=C(CC1(NC(=O)c2ccc(OCc3ccnc4ccccc34)cc2)CCNCC1)NO.O=C(O)C(F)(F)F.O=C(O)C(F)(F)F. The quantitative estimate of drug-likeness (QED) is 0.123. The zero-order chi connectivity index (χ0) is 34.5. The maximum absolute atomic E-state index is 12.9. The minimum atomic E-state index is -5.08. The van der Waals surface area contributed by atoms with Gasteiger partial charge in [0.15, 0.2) is 0 Å². The number of para-hydroxylation sites is 1. The van der Waals surface area contributed by atoms with Gasteiger partial charge in [0.1, 0.15) is 12.4 Å². The maximum atomic E-state index is 12.9. The van der Waals surface area contributed by atoms with E-state index in [1.807, 2.05) is 30.3 Å². The highest BCUT2D eigenvalue weighted by Gasteiger charge is 2.39. The number of pyridine rings is 1. The number of piperidine rings is 1. The second-order valence-corrected chi connectivity index (χ2v) is 9.60. The Morgan fingerprint density at radius 3 is 1.93 bits per heavy atom. The van der Waals surface area contributed by atoms with Crippen LogP contribution in [-0.4, -0.2) is 75.1 Å². The van der Waals surface area contributed by atoms with Gasteiger partial charge in [-0.2, -0.15) is 26.3 Å². The van der Waals surface area contributed by atoms with E-state index in [-0.39, 0.29) is 12.3 Å². The van der Waals surface area contributed by atoms with Crippen LogP contribution in [0.3, 0.4) is 0 Å². The summed E-state index contributed by atoms with van der Waals surface area (Å²) in [6.07, 6.45) is -7.17. The summed E-state index contributed by atoms with van der Waals surface area (Å²) in [6, 6.07) is 16.8. The van der Waals surface area contributed by atoms with Gasteiger partial charge in [0.2, 0.25) is 5.91 Å². The molecule has 4 rings (SSSR count). The van der Waals surface area contributed by atoms with Gasteiger partial charge in [-0.05, 0) is 62.3 Å². The molecule has 12 nitrogen and oxygen atoms in total. The van der Waals surface area contributed by atoms with Gasteiger partial charge in [-0.3, -0.25) is 19.8 Å². The van der Waals surface area contributed by atoms with Gasteiger partial charge in [-0.25, -0.2) is 15.1 Å². The molecule has 1 saturated heterocycles. The minimum Gasteiger partial charge on any atom is -0.489 e. The van der Waals surface area contributed by atoms with E-state index in [0.29, 0.717) is 43.9 Å². The van der Waals surface area contributed by atoms with E-state index in [0.717, 1.165) is 16.5 Å². The van der Waals surface area contributed by atoms with Crippen LogP contribution in [0.1, 0.15) is 35.2 Å². The number of nitrogens with zero attached hydrogens (tertiary/aromatic N) is 1. The number of alkyl halides is 6. The van der Waals surface area contributed by atoms with E-state index in [4.69, 9.17) is 29.7 Å². The van der Waals surface area contributed by atoms with Crippen molar-refractivity contribution in [3.05, 3.63) is 71.9 Å². The molecule has 1 aliphatic rings. The van der Waals surface area contributed by atoms with Crippen molar-refractivity contribution in [2.45, 2.75) is 43.8 Å². The molecule has 1 aromatic heterocycles. The van der Waals surface area contributed by atoms with Crippen molar-refractivity contribution in [2.75, 3.05) is 13.1 Å². The lowest BCUT2D eigenvalue weighted by molar-refractivity contribution is -0.193. The van der Waals surface area contributed by atoms with Crippen molar-refractivity contribution in [3.63, 3.8) is 0 Å². The van der Waals surface area contributed by atoms with Crippen LogP contribution >= 0.6 is 0 Å². The Kier molecular flexibility index (Phi) is 13.2. The number of amides is 2. The number of hydrogen-bond donors (Lipinski definition) is 6. The molecule has 0 bridgehead atoms. The molecule has 18 heteroatoms. The fourth-order valence-electron chi connectivity index (χ4n) is 4.06. The van der Waals surface area contributed by atoms with Gasteiger partial charge in [0, 0.05) is 22.7 Å². The Labute approximate surface area is 256 Å². The smallest absolute Gasteiger partial charge is 0.489 e. The number of halogens is 6. The summed E-state index contributed by atoms with van der Waals surface area (Å²) in [7, 11) is 0. The number of carboxylic acid groups (broad SMARTS) is 2. The summed E-state index contributed by atoms with van der Waals surface area (Å²) in [5, 5.41) is 30.4. The molecule has 0 aliphatic carbocycles. The van der Waals surface area contributed by atoms with Crippen molar-refractivity contribution >= 4 is 34.7 Å². The van der Waals surface area contributed by atoms with Gasteiger partial charge >= 0.3 is 24.3 Å². The third-order valence-corrected chi connectivity index (χ3v) is 6.30. The van der Waals surface area contributed by atoms with Crippen molar-refractivity contribution in [2.24, 2.45) is 0 Å². The lowest BCUT2D eigenvalue weighted by Crippen LogP contribution is -2.56. The van der Waals surface area contributed by atoms with Crippen molar-refractivity contribution < 1.29 is 65.7 Å². The van der Waals surface area contributed by atoms with Crippen LogP contribution in [0, 0.1) is 0 Å². The number of rotatable bonds is 7. The van der Waals surface area contributed by atoms with Crippen molar-refractivity contribution in [1.29, 1.82) is 0 Å². The summed E-state index contributed by atoms with van der Waals surface area (Å²) >= 11 is 0. The van der Waals surface area contributed by atoms with E-state index >= 15 is 0 Å². The highest BCUT2D eigenvalue weighted by Crippen LogP contribution is 2.24. The predicted octanol–water partition coefficient (Wildman–Crippen LogP) is 3.83. The number of aliphatic carboxylic acids is 2. The second-order valence-electron chi connectivity index (χ2n) is 9.60. The Balaban J connectivity index is 0.000000440. The number of aromatic nitrogens is 1. The molecule has 2 heterocycles. The summed E-state index contributed by atoms with van der Waals surface area (Å²) in [5.41, 5.74) is 3.41. The maximum Gasteiger partial charge on any atom is 0.490 e. The molecule has 0 unspecified atom stereocenters. The molecule has 0 saturated carbocycles. The molecule has 1 fully saturated rings. The lowest BCUT2D eigenvalue weighted by atomic mass is 9.84. The van der Waals surface area contributed by atoms with Crippen molar-refractivity contribution in [1.82, 2.24) is 21.1 Å². The van der Waals surface area contributed by atoms with E-state index in [1.165, 1.54) is 0 Å². The predicted molar refractivity (Wildman–Crippen MR) is 147 cm³/mol. The first-order valence-corrected chi connectivity index (χ1v) is 13.1. The molecular formula is C28H28F6N4O8. The highest BCUT2D eigenvalue weighted by atomic mass is 19.4. The van der Waals surface area contributed by atoms with Gasteiger partial charge in [-0.15, -0.1) is 0 Å². The number of nitrogens with one attached hydrogen (secondary N) is 3. The standard InChI is InChI=1S/C24H26N4O4.2C2HF3O2/c29-22(28-31)15-24(10-13-25-14-11-24)27-23(30)17-5-7-19(8-6-17)32-16-18-9-12-26-21-4-2-1-3-20(18)21;2*3-2(4,5)1(6)7/h1-9,12,25,31H,10-11,13-16H2,(H,27,30)(H,28,29);2*(H,6,7). The van der Waals surface area contributed by atoms with Crippen LogP contribution in [0.4, 0.5) is 26.3 Å². The molecule has 0 spiro atoms. The van der Waals surface area contributed by atoms with Gasteiger partial charge in [0.05, 0.1) is 17.5 Å². The van der Waals surface area contributed by atoms with Crippen LogP contribution in [0.5, 0.6) is 5.75 Å². The molecule has 250 valence electrons. The van der Waals surface area contributed by atoms with Gasteiger partial charge in [0.25, 0.3) is 5.91 Å². The number of ether oxygens (including phenoxy) is 1. The molecule has 1 aliphatic heterocycles. The monoisotopic (exact) mass is 662 g/mol. The molecular weight excluding hydrogens is 634 g/mol. The summed E-state index contributed by atoms with van der Waals surface area (Å²) < 4.78 is 69.4. The highest BCUT2D eigenvalue weighted by molar-refractivity contribution is 5.95. The van der Waals surface area contributed by atoms with Crippen LogP contribution in [0.25, 0.3) is 10.9 Å². The largest absolute Gasteiger partial charge is 0.490 e. The lowest BCUT2D eigenvalue weighted by Gasteiger charge is -2.37. The molecule has 46 heavy (non-hydrogen) atoms. The minimum absolute atomic E-state index is 0.0258. The Morgan fingerprint density at radius 1 is 0.870 bits per heavy atom. The van der Waals surface area contributed by atoms with E-state index in [1.54, 1.807) is 35.9 Å². The number of hydroxylamine groups is 1. The van der Waals surface area contributed by atoms with E-state index in [9.17, 15) is 35.9 Å². The topological polar surface area (TPSA) is 187 Å². The molecule has 2 amide bonds. The number of carboxylic acids is 2. The second kappa shape index (κ2) is 16.4. The molecule has 0 atom stereocenters. The van der Waals surface area contributed by atoms with Crippen LogP contribution < -0.4 is 20.9 Å². The molecule has 0 radical (unpaired) electrons. The first-order valence-electron chi connectivity index (χ1n) is 13.1. The van der Waals surface area contributed by atoms with Gasteiger partial charge in [-0.1, -0.05) is 18.2 Å². The third kappa shape index (κ3) is 11.8. The molecule has 6 N–H and O–H groups in total. The third-order valence-electron chi connectivity index (χ3n) is 6.30. The average molecular weight is 663 g/mol. The van der Waals surface area contributed by atoms with Crippen LogP contribution in [-0.2, 0) is 21.0 Å². The van der Waals surface area contributed by atoms with E-state index in [2.05, 4.69) is 15.6 Å². The zero-order valence-corrected chi connectivity index (χ0v) is 23.6. The number of hydrogen-bond acceptors (Lipinski definition) is 8. The number of carbonyl (C=O) groups excluding carboxylic acids is 2. The fraction of sp³-hybridized carbons (Fsp3) is 0.321. The Bertz CT molecular complexity index is 1460. The molecule has 3 aromatic rings. The fourth-order valence-corrected chi connectivity index (χ4v) is 4.06. The van der Waals surface area contributed by atoms with Crippen LogP contribution in [0.2, 0.25) is 0 Å². The average Bonchev–Trinajstić information content (AvgIpc) is 3.00. The summed E-state index contributed by atoms with van der Waals surface area (Å²) in [5.74, 6) is -5.64. The van der Waals surface area contributed by atoms with Crippen molar-refractivity contribution in [3.8, 4) is 5.75 Å².